The third kappa shape index (κ3) is 28.9. The van der Waals surface area contributed by atoms with Crippen LogP contribution in [0.3, 0.4) is 0 Å². The van der Waals surface area contributed by atoms with Crippen molar-refractivity contribution in [3.8, 4) is 0 Å². The van der Waals surface area contributed by atoms with Crippen LogP contribution in [-0.4, -0.2) is 64.9 Å². The summed E-state index contributed by atoms with van der Waals surface area (Å²) in [6.07, 6.45) is 26.5. The molecule has 0 spiro atoms. The third-order valence-electron chi connectivity index (χ3n) is 6.69. The second kappa shape index (κ2) is 29.1. The predicted molar refractivity (Wildman–Crippen MR) is 176 cm³/mol. The van der Waals surface area contributed by atoms with Gasteiger partial charge in [0.25, 0.3) is 0 Å². The molecule has 0 aliphatic rings. The number of esters is 1. The van der Waals surface area contributed by atoms with E-state index in [9.17, 15) is 34.1 Å². The number of nitrogens with one attached hydrogen (secondary N) is 1. The minimum Gasteiger partial charge on any atom is -0.480 e. The Morgan fingerprint density at radius 1 is 0.733 bits per heavy atom. The molecule has 260 valence electrons. The summed E-state index contributed by atoms with van der Waals surface area (Å²) in [7, 11) is -4.74. The monoisotopic (exact) mass is 659 g/mol. The molecule has 0 saturated carbocycles. The van der Waals surface area contributed by atoms with E-state index in [1.165, 1.54) is 0 Å². The van der Waals surface area contributed by atoms with Gasteiger partial charge in [0.15, 0.2) is 6.04 Å². The number of unbranched alkanes of at least 4 members (excludes halogenated alkanes) is 10. The Morgan fingerprint density at radius 2 is 1.29 bits per heavy atom. The Kier molecular flexibility index (Phi) is 27.6. The number of phosphoric ester groups is 1. The van der Waals surface area contributed by atoms with Gasteiger partial charge in [0.1, 0.15) is 12.7 Å². The molecule has 0 aliphatic carbocycles. The van der Waals surface area contributed by atoms with Crippen LogP contribution in [0.15, 0.2) is 36.5 Å². The summed E-state index contributed by atoms with van der Waals surface area (Å²) in [5, 5.41) is 21.6. The number of hydrogen-bond donors (Lipinski definition) is 4. The van der Waals surface area contributed by atoms with E-state index in [0.717, 1.165) is 83.5 Å². The van der Waals surface area contributed by atoms with Crippen LogP contribution in [0.4, 0.5) is 0 Å². The van der Waals surface area contributed by atoms with Crippen molar-refractivity contribution in [2.45, 2.75) is 135 Å². The van der Waals surface area contributed by atoms with Crippen molar-refractivity contribution in [1.82, 2.24) is 5.32 Å². The Labute approximate surface area is 270 Å². The number of allylic oxidation sites excluding steroid dienone is 6. The Morgan fingerprint density at radius 3 is 1.93 bits per heavy atom. The van der Waals surface area contributed by atoms with E-state index in [-0.39, 0.29) is 12.8 Å². The first-order valence-electron chi connectivity index (χ1n) is 16.5. The molecule has 0 bridgehead atoms. The normalized spacial score (nSPS) is 14.6. The van der Waals surface area contributed by atoms with E-state index in [2.05, 4.69) is 60.1 Å². The minimum atomic E-state index is -4.74. The number of aliphatic carboxylic acids is 1. The summed E-state index contributed by atoms with van der Waals surface area (Å²) in [5.41, 5.74) is 0. The van der Waals surface area contributed by atoms with Crippen LogP contribution >= 0.6 is 7.82 Å². The zero-order valence-electron chi connectivity index (χ0n) is 27.4. The van der Waals surface area contributed by atoms with E-state index in [1.54, 1.807) is 0 Å². The topological polar surface area (TPSA) is 169 Å². The summed E-state index contributed by atoms with van der Waals surface area (Å²) >= 11 is 0. The van der Waals surface area contributed by atoms with E-state index >= 15 is 0 Å². The number of phosphoric acid groups is 1. The van der Waals surface area contributed by atoms with Crippen LogP contribution in [0.25, 0.3) is 0 Å². The molecule has 3 unspecified atom stereocenters. The number of aliphatic hydroxyl groups excluding tert-OH is 1. The van der Waals surface area contributed by atoms with Gasteiger partial charge in [-0.25, -0.2) is 9.36 Å². The zero-order chi connectivity index (χ0) is 33.6. The molecule has 0 heterocycles. The van der Waals surface area contributed by atoms with E-state index in [4.69, 9.17) is 9.26 Å². The number of carboxylic acid groups (broad SMARTS) is 1. The van der Waals surface area contributed by atoms with Gasteiger partial charge in [-0.3, -0.25) is 18.6 Å². The first-order valence-corrected chi connectivity index (χ1v) is 18.0. The number of carbonyl (C=O) groups is 3. The number of rotatable bonds is 30. The third-order valence-corrected chi connectivity index (χ3v) is 7.64. The molecule has 0 fully saturated rings. The number of amides is 1. The van der Waals surface area contributed by atoms with E-state index in [1.807, 2.05) is 0 Å². The molecular weight excluding hydrogens is 601 g/mol. The molecule has 0 aromatic rings. The van der Waals surface area contributed by atoms with Gasteiger partial charge in [0.2, 0.25) is 5.91 Å². The van der Waals surface area contributed by atoms with Gasteiger partial charge < -0.3 is 25.2 Å². The van der Waals surface area contributed by atoms with Crippen molar-refractivity contribution in [2.75, 3.05) is 19.8 Å². The largest absolute Gasteiger partial charge is 0.480 e. The van der Waals surface area contributed by atoms with Crippen LogP contribution in [0.2, 0.25) is 0 Å². The molecule has 0 rings (SSSR count). The maximum Gasteiger partial charge on any atom is 0.472 e. The number of aliphatic hydroxyl groups is 1. The van der Waals surface area contributed by atoms with Gasteiger partial charge in [-0.15, -0.1) is 0 Å². The lowest BCUT2D eigenvalue weighted by Crippen LogP contribution is -2.43. The predicted octanol–water partition coefficient (Wildman–Crippen LogP) is 6.93. The fourth-order valence-electron chi connectivity index (χ4n) is 4.09. The fraction of sp³-hybridized carbons (Fsp3) is 0.727. The number of ether oxygens (including phenoxy) is 1. The van der Waals surface area contributed by atoms with Crippen LogP contribution in [-0.2, 0) is 32.7 Å². The maximum atomic E-state index is 12.2. The molecule has 1 amide bonds. The first-order chi connectivity index (χ1) is 21.6. The van der Waals surface area contributed by atoms with Crippen molar-refractivity contribution < 1.29 is 47.8 Å². The quantitative estimate of drug-likeness (QED) is 0.0274. The summed E-state index contributed by atoms with van der Waals surface area (Å²) in [4.78, 5) is 45.3. The van der Waals surface area contributed by atoms with Crippen LogP contribution in [0, 0.1) is 0 Å². The second-order valence-electron chi connectivity index (χ2n) is 11.0. The Hall–Kier alpha value is -2.30. The second-order valence-corrected chi connectivity index (χ2v) is 12.4. The minimum absolute atomic E-state index is 0.126. The highest BCUT2D eigenvalue weighted by Gasteiger charge is 2.28. The molecule has 0 radical (unpaired) electrons. The molecule has 12 heteroatoms. The van der Waals surface area contributed by atoms with E-state index in [0.29, 0.717) is 12.8 Å². The SMILES string of the molecule is CC/C=C\C/C=C\C/C=C\CCCCCCCC(=O)NC(COP(=O)(O)OCC(O)COC(=O)CCCCCCCC)C(=O)O. The van der Waals surface area contributed by atoms with Gasteiger partial charge in [-0.1, -0.05) is 102 Å². The average molecular weight is 660 g/mol. The smallest absolute Gasteiger partial charge is 0.472 e. The summed E-state index contributed by atoms with van der Waals surface area (Å²) < 4.78 is 26.5. The molecular formula is C33H58NO10P. The van der Waals surface area contributed by atoms with Crippen LogP contribution in [0.1, 0.15) is 123 Å². The van der Waals surface area contributed by atoms with Crippen molar-refractivity contribution in [1.29, 1.82) is 0 Å². The molecule has 45 heavy (non-hydrogen) atoms. The van der Waals surface area contributed by atoms with Crippen molar-refractivity contribution in [3.63, 3.8) is 0 Å². The molecule has 0 aliphatic heterocycles. The number of hydrogen-bond acceptors (Lipinski definition) is 8. The summed E-state index contributed by atoms with van der Waals surface area (Å²) in [6, 6.07) is -1.55. The molecule has 0 saturated heterocycles. The highest BCUT2D eigenvalue weighted by molar-refractivity contribution is 7.47. The lowest BCUT2D eigenvalue weighted by atomic mass is 10.1. The van der Waals surface area contributed by atoms with Crippen molar-refractivity contribution in [2.24, 2.45) is 0 Å². The summed E-state index contributed by atoms with van der Waals surface area (Å²) in [6.45, 7) is 2.34. The average Bonchev–Trinajstić information content (AvgIpc) is 3.00. The van der Waals surface area contributed by atoms with Crippen molar-refractivity contribution in [3.05, 3.63) is 36.5 Å². The van der Waals surface area contributed by atoms with Crippen LogP contribution in [0.5, 0.6) is 0 Å². The molecule has 3 atom stereocenters. The highest BCUT2D eigenvalue weighted by Crippen LogP contribution is 2.43. The van der Waals surface area contributed by atoms with Crippen molar-refractivity contribution >= 4 is 25.7 Å². The van der Waals surface area contributed by atoms with Gasteiger partial charge in [-0.2, -0.15) is 0 Å². The van der Waals surface area contributed by atoms with Gasteiger partial charge in [0, 0.05) is 12.8 Å². The van der Waals surface area contributed by atoms with Gasteiger partial charge in [-0.05, 0) is 44.9 Å². The zero-order valence-corrected chi connectivity index (χ0v) is 28.3. The van der Waals surface area contributed by atoms with E-state index < -0.39 is 57.6 Å². The Balaban J connectivity index is 4.07. The maximum absolute atomic E-state index is 12.2. The summed E-state index contributed by atoms with van der Waals surface area (Å²) in [5.74, 6) is -2.41. The van der Waals surface area contributed by atoms with Gasteiger partial charge >= 0.3 is 19.8 Å². The molecule has 0 aromatic heterocycles. The number of carbonyl (C=O) groups excluding carboxylic acids is 2. The Bertz CT molecular complexity index is 921. The standard InChI is InChI=1S/C33H58NO10P/c1-3-5-7-9-11-12-13-14-15-16-17-18-19-20-22-24-31(36)34-30(33(38)39)28-44-45(40,41)43-27-29(35)26-42-32(37)25-23-21-10-8-6-4-2/h5,7,11-12,14-15,29-30,35H,3-4,6,8-10,13,16-28H2,1-2H3,(H,34,36)(H,38,39)(H,40,41)/b7-5-,12-11-,15-14-. The molecule has 4 N–H and O–H groups in total. The lowest BCUT2D eigenvalue weighted by molar-refractivity contribution is -0.147. The molecule has 0 aromatic carbocycles. The number of carboxylic acids is 1. The highest BCUT2D eigenvalue weighted by atomic mass is 31.2. The van der Waals surface area contributed by atoms with Crippen LogP contribution < -0.4 is 5.32 Å². The van der Waals surface area contributed by atoms with Gasteiger partial charge in [0.05, 0.1) is 13.2 Å². The lowest BCUT2D eigenvalue weighted by Gasteiger charge is -2.18. The molecule has 11 nitrogen and oxygen atoms in total. The first kappa shape index (κ1) is 42.7. The fourth-order valence-corrected chi connectivity index (χ4v) is 4.86.